The predicted molar refractivity (Wildman–Crippen MR) is 450 cm³/mol. The van der Waals surface area contributed by atoms with E-state index in [1.807, 2.05) is 61.5 Å². The number of aliphatic hydroxyl groups is 2. The zero-order valence-corrected chi connectivity index (χ0v) is 68.2. The standard InChI is InChI=1S/2C21H19ClN2O4S.C21H19ClN2O3S.C20H16Cl2N2O4S/c1-28-12-13-29(26,27)17-8-5-15(6-9-17)21(25)24-16-7-10-19(22)18(14-16)20-4-2-3-11-23-20;22-19-10-7-16(14-18(19)20-4-1-2-11-23-20)24-21(26)15-5-8-17(9-6-15)29(27,28)13-3-12-25;1-2-13-28(26,27)17-9-6-15(7-10-17)21(25)24-16-8-11-19(22)18(14-16)20-5-3-4-12-23-20;21-17-7-4-13(11-16(17)19-3-1-2-8-23-19)24-20(26)15-6-5-14(12-18(15)22)29(27,28)10-9-25/h2-11,14H,12-13H2,1H3,(H,24,25);1-2,4-11,14,25H,3,12-13H2,(H,24,26);3-12,14H,2,13H2,1H3,(H,24,25);1-8,11-12,25H,9-10H2,(H,24,26). The van der Waals surface area contributed by atoms with E-state index in [2.05, 4.69) is 41.2 Å². The fourth-order valence-corrected chi connectivity index (χ4v) is 16.7. The lowest BCUT2D eigenvalue weighted by Gasteiger charge is -2.11. The van der Waals surface area contributed by atoms with Crippen LogP contribution in [0.3, 0.4) is 0 Å². The molecule has 0 spiro atoms. The van der Waals surface area contributed by atoms with Crippen molar-refractivity contribution in [3.05, 3.63) is 309 Å². The Morgan fingerprint density at radius 1 is 0.339 bits per heavy atom. The molecule has 4 amide bonds. The molecule has 0 aliphatic heterocycles. The van der Waals surface area contributed by atoms with Gasteiger partial charge in [-0.1, -0.05) is 89.2 Å². The topological polar surface area (TPSA) is 354 Å². The molecular weight excluding hydrogens is 1650 g/mol. The van der Waals surface area contributed by atoms with Gasteiger partial charge in [-0.25, -0.2) is 33.7 Å². The molecule has 0 fully saturated rings. The number of aliphatic hydroxyl groups excluding tert-OH is 2. The Morgan fingerprint density at radius 3 is 0.930 bits per heavy atom. The van der Waals surface area contributed by atoms with Gasteiger partial charge in [-0.2, -0.15) is 0 Å². The van der Waals surface area contributed by atoms with E-state index < -0.39 is 57.6 Å². The fraction of sp³-hybridized carbons (Fsp3) is 0.133. The lowest BCUT2D eigenvalue weighted by Crippen LogP contribution is -2.14. The molecular formula is C83H73Cl5N8O15S4. The molecule has 0 aliphatic carbocycles. The highest BCUT2D eigenvalue weighted by atomic mass is 35.5. The number of anilines is 4. The molecule has 4 heterocycles. The van der Waals surface area contributed by atoms with Crippen molar-refractivity contribution in [3.63, 3.8) is 0 Å². The molecule has 0 saturated heterocycles. The van der Waals surface area contributed by atoms with Crippen LogP contribution in [0.25, 0.3) is 45.0 Å². The highest BCUT2D eigenvalue weighted by Gasteiger charge is 2.22. The monoisotopic (exact) mass is 1720 g/mol. The Morgan fingerprint density at radius 2 is 0.643 bits per heavy atom. The summed E-state index contributed by atoms with van der Waals surface area (Å²) in [6.45, 7) is 1.23. The minimum Gasteiger partial charge on any atom is -0.396 e. The third-order valence-electron chi connectivity index (χ3n) is 16.6. The summed E-state index contributed by atoms with van der Waals surface area (Å²) in [6.07, 6.45) is 7.35. The molecule has 12 rings (SSSR count). The molecule has 12 aromatic rings. The quantitative estimate of drug-likeness (QED) is 0.0293. The molecule has 0 aliphatic rings. The van der Waals surface area contributed by atoms with Crippen LogP contribution < -0.4 is 21.3 Å². The first-order chi connectivity index (χ1) is 55.0. The number of sulfone groups is 4. The number of nitrogens with zero attached hydrogens (tertiary/aromatic N) is 4. The van der Waals surface area contributed by atoms with E-state index in [4.69, 9.17) is 73.0 Å². The van der Waals surface area contributed by atoms with Crippen LogP contribution in [0.4, 0.5) is 22.7 Å². The van der Waals surface area contributed by atoms with Gasteiger partial charge in [-0.3, -0.25) is 39.1 Å². The van der Waals surface area contributed by atoms with Gasteiger partial charge >= 0.3 is 0 Å². The third kappa shape index (κ3) is 24.9. The number of amides is 4. The van der Waals surface area contributed by atoms with Crippen LogP contribution in [0.1, 0.15) is 61.2 Å². The molecule has 0 radical (unpaired) electrons. The molecule has 4 aromatic heterocycles. The highest BCUT2D eigenvalue weighted by molar-refractivity contribution is 7.92. The molecule has 0 atom stereocenters. The van der Waals surface area contributed by atoms with Crippen LogP contribution in [0, 0.1) is 0 Å². The Hall–Kier alpha value is -10.6. The van der Waals surface area contributed by atoms with Crippen LogP contribution in [0.2, 0.25) is 25.1 Å². The van der Waals surface area contributed by atoms with E-state index in [0.29, 0.717) is 111 Å². The lowest BCUT2D eigenvalue weighted by atomic mass is 10.1. The molecule has 6 N–H and O–H groups in total. The summed E-state index contributed by atoms with van der Waals surface area (Å²) in [5.41, 5.74) is 8.77. The molecule has 8 aromatic carbocycles. The van der Waals surface area contributed by atoms with Crippen LogP contribution in [-0.4, -0.2) is 137 Å². The third-order valence-corrected chi connectivity index (χ3v) is 25.4. The van der Waals surface area contributed by atoms with Crippen molar-refractivity contribution in [1.29, 1.82) is 0 Å². The molecule has 0 bridgehead atoms. The molecule has 23 nitrogen and oxygen atoms in total. The summed E-state index contributed by atoms with van der Waals surface area (Å²) in [7, 11) is -12.4. The molecule has 0 unspecified atom stereocenters. The van der Waals surface area contributed by atoms with Gasteiger partial charge in [0.25, 0.3) is 23.6 Å². The number of carbonyl (C=O) groups is 4. The number of nitrogens with one attached hydrogen (secondary N) is 4. The second-order valence-corrected chi connectivity index (χ2v) is 35.2. The number of benzene rings is 8. The van der Waals surface area contributed by atoms with Gasteiger partial charge in [0.2, 0.25) is 0 Å². The van der Waals surface area contributed by atoms with Crippen molar-refractivity contribution >= 4 is 144 Å². The number of aromatic nitrogens is 4. The maximum atomic E-state index is 12.6. The Labute approximate surface area is 690 Å². The van der Waals surface area contributed by atoms with Crippen LogP contribution in [0.15, 0.2) is 281 Å². The lowest BCUT2D eigenvalue weighted by molar-refractivity contribution is 0.101. The summed E-state index contributed by atoms with van der Waals surface area (Å²) in [6, 6.07) is 63.5. The maximum Gasteiger partial charge on any atom is 0.257 e. The maximum absolute atomic E-state index is 12.6. The van der Waals surface area contributed by atoms with Crippen LogP contribution in [0.5, 0.6) is 0 Å². The second-order valence-electron chi connectivity index (χ2n) is 24.7. The van der Waals surface area contributed by atoms with Crippen molar-refractivity contribution in [1.82, 2.24) is 19.9 Å². The van der Waals surface area contributed by atoms with Gasteiger partial charge in [0.15, 0.2) is 39.3 Å². The number of hydrogen-bond acceptors (Lipinski definition) is 19. The van der Waals surface area contributed by atoms with Crippen molar-refractivity contribution in [3.8, 4) is 45.0 Å². The Balaban J connectivity index is 0.000000175. The van der Waals surface area contributed by atoms with Gasteiger partial charge in [0, 0.05) is 100 Å². The van der Waals surface area contributed by atoms with Gasteiger partial charge in [0.1, 0.15) is 0 Å². The largest absolute Gasteiger partial charge is 0.396 e. The number of ether oxygens (including phenoxy) is 1. The summed E-state index contributed by atoms with van der Waals surface area (Å²) in [5, 5.41) is 30.8. The molecule has 32 heteroatoms. The highest BCUT2D eigenvalue weighted by Crippen LogP contribution is 2.35. The minimum absolute atomic E-state index is 0.0135. The number of rotatable bonds is 26. The average Bonchev–Trinajstić information content (AvgIpc) is 0.847. The Kier molecular flexibility index (Phi) is 31.9. The van der Waals surface area contributed by atoms with E-state index in [1.54, 1.807) is 116 Å². The summed E-state index contributed by atoms with van der Waals surface area (Å²) in [5.74, 6) is -2.18. The average molecular weight is 1730 g/mol. The summed E-state index contributed by atoms with van der Waals surface area (Å²) < 4.78 is 102. The fourth-order valence-electron chi connectivity index (χ4n) is 10.7. The van der Waals surface area contributed by atoms with Gasteiger partial charge < -0.3 is 36.2 Å². The number of carbonyl (C=O) groups excluding carboxylic acids is 4. The first-order valence-electron chi connectivity index (χ1n) is 34.8. The van der Waals surface area contributed by atoms with Crippen LogP contribution >= 0.6 is 58.0 Å². The molecule has 115 heavy (non-hydrogen) atoms. The van der Waals surface area contributed by atoms with E-state index in [9.17, 15) is 52.8 Å². The van der Waals surface area contributed by atoms with Crippen LogP contribution in [-0.2, 0) is 44.1 Å². The first-order valence-corrected chi connectivity index (χ1v) is 43.3. The number of methoxy groups -OCH3 is 1. The summed E-state index contributed by atoms with van der Waals surface area (Å²) in [4.78, 5) is 67.7. The molecule has 0 saturated carbocycles. The minimum atomic E-state index is -3.66. The van der Waals surface area contributed by atoms with E-state index in [1.165, 1.54) is 98.1 Å². The number of pyridine rings is 4. The second kappa shape index (κ2) is 41.6. The van der Waals surface area contributed by atoms with E-state index in [-0.39, 0.29) is 84.8 Å². The zero-order chi connectivity index (χ0) is 82.9. The van der Waals surface area contributed by atoms with Gasteiger partial charge in [-0.15, -0.1) is 0 Å². The van der Waals surface area contributed by atoms with E-state index in [0.717, 1.165) is 0 Å². The van der Waals surface area contributed by atoms with E-state index >= 15 is 0 Å². The molecule has 594 valence electrons. The summed E-state index contributed by atoms with van der Waals surface area (Å²) >= 11 is 31.2. The number of hydrogen-bond donors (Lipinski definition) is 6. The number of halogens is 5. The van der Waals surface area contributed by atoms with Crippen molar-refractivity contribution in [2.75, 3.05) is 71.2 Å². The zero-order valence-electron chi connectivity index (χ0n) is 61.2. The van der Waals surface area contributed by atoms with Gasteiger partial charge in [-0.05, 0) is 225 Å². The smallest absolute Gasteiger partial charge is 0.257 e. The first kappa shape index (κ1) is 88.3. The van der Waals surface area contributed by atoms with Crippen molar-refractivity contribution in [2.45, 2.75) is 39.3 Å². The Bertz CT molecular complexity index is 5710. The van der Waals surface area contributed by atoms with Crippen molar-refractivity contribution in [2.24, 2.45) is 0 Å². The van der Waals surface area contributed by atoms with Crippen molar-refractivity contribution < 1.29 is 67.8 Å². The van der Waals surface area contributed by atoms with Gasteiger partial charge in [0.05, 0.1) is 109 Å². The SMILES string of the molecule is CCCS(=O)(=O)c1ccc(C(=O)Nc2ccc(Cl)c(-c3ccccn3)c2)cc1.COCCS(=O)(=O)c1ccc(C(=O)Nc2ccc(Cl)c(-c3ccccn3)c2)cc1.O=C(Nc1ccc(Cl)c(-c2ccccn2)c1)c1ccc(S(=O)(=O)CCCO)cc1.O=C(Nc1ccc(Cl)c(-c2ccccn2)c1)c1ccc(S(=O)(=O)CCO)cc1Cl. The normalized spacial score (nSPS) is 11.2. The predicted octanol–water partition coefficient (Wildman–Crippen LogP) is 16.8.